The van der Waals surface area contributed by atoms with Crippen LogP contribution in [0, 0.1) is 0 Å². The molecule has 0 atom stereocenters. The summed E-state index contributed by atoms with van der Waals surface area (Å²) in [5, 5.41) is 3.07. The first-order valence-electron chi connectivity index (χ1n) is 5.79. The van der Waals surface area contributed by atoms with Crippen LogP contribution in [-0.2, 0) is 0 Å². The van der Waals surface area contributed by atoms with Crippen molar-refractivity contribution in [1.82, 2.24) is 5.32 Å². The average Bonchev–Trinajstić information content (AvgIpc) is 2.37. The predicted octanol–water partition coefficient (Wildman–Crippen LogP) is 2.96. The zero-order valence-corrected chi connectivity index (χ0v) is 10.7. The Morgan fingerprint density at radius 3 is 2.38 bits per heavy atom. The van der Waals surface area contributed by atoms with Crippen LogP contribution in [0.2, 0.25) is 0 Å². The third-order valence-corrected chi connectivity index (χ3v) is 1.90. The van der Waals surface area contributed by atoms with Crippen LogP contribution in [-0.4, -0.2) is 27.3 Å². The lowest BCUT2D eigenvalue weighted by molar-refractivity contribution is 0.289. The van der Waals surface area contributed by atoms with Crippen LogP contribution in [0.25, 0.3) is 0 Å². The van der Waals surface area contributed by atoms with Gasteiger partial charge < -0.3 is 14.8 Å². The largest absolute Gasteiger partial charge is 0.493 e. The molecule has 3 nitrogen and oxygen atoms in total. The van der Waals surface area contributed by atoms with Gasteiger partial charge in [0, 0.05) is 1.43 Å². The quantitative estimate of drug-likeness (QED) is 0.758. The van der Waals surface area contributed by atoms with Gasteiger partial charge in [-0.15, -0.1) is 0 Å². The summed E-state index contributed by atoms with van der Waals surface area (Å²) in [5.41, 5.74) is 0. The number of nitrogens with one attached hydrogen (secondary N) is 1. The van der Waals surface area contributed by atoms with Crippen molar-refractivity contribution in [3.63, 3.8) is 0 Å². The number of para-hydroxylation sites is 2. The number of hydrogen-bond acceptors (Lipinski definition) is 3. The van der Waals surface area contributed by atoms with Crippen molar-refractivity contribution in [1.29, 1.82) is 0 Å². The van der Waals surface area contributed by atoms with Gasteiger partial charge in [0.05, 0.1) is 13.7 Å². The highest BCUT2D eigenvalue weighted by Crippen LogP contribution is 2.25. The molecule has 3 heteroatoms. The van der Waals surface area contributed by atoms with Crippen LogP contribution in [0.5, 0.6) is 11.5 Å². The zero-order valence-electron chi connectivity index (χ0n) is 10.7. The van der Waals surface area contributed by atoms with Gasteiger partial charge in [-0.25, -0.2) is 0 Å². The van der Waals surface area contributed by atoms with Crippen molar-refractivity contribution in [3.8, 4) is 11.5 Å². The monoisotopic (exact) mass is 227 g/mol. The maximum Gasteiger partial charge on any atom is 0.161 e. The van der Waals surface area contributed by atoms with Crippen LogP contribution in [0.15, 0.2) is 24.3 Å². The van der Waals surface area contributed by atoms with Gasteiger partial charge in [0.1, 0.15) is 0 Å². The Balaban J connectivity index is 0. The van der Waals surface area contributed by atoms with E-state index in [1.54, 1.807) is 7.11 Å². The highest BCUT2D eigenvalue weighted by atomic mass is 16.5. The van der Waals surface area contributed by atoms with Crippen molar-refractivity contribution in [3.05, 3.63) is 24.3 Å². The molecule has 0 aromatic heterocycles. The smallest absolute Gasteiger partial charge is 0.161 e. The Labute approximate surface area is 100 Å². The van der Waals surface area contributed by atoms with Crippen molar-refractivity contribution < 1.29 is 10.9 Å². The number of hydrogen-bond donors (Lipinski definition) is 1. The van der Waals surface area contributed by atoms with E-state index < -0.39 is 0 Å². The molecule has 0 saturated carbocycles. The fourth-order valence-corrected chi connectivity index (χ4v) is 1.17. The second kappa shape index (κ2) is 10.3. The van der Waals surface area contributed by atoms with Crippen molar-refractivity contribution in [2.24, 2.45) is 0 Å². The van der Waals surface area contributed by atoms with E-state index in [0.29, 0.717) is 6.61 Å². The van der Waals surface area contributed by atoms with Crippen molar-refractivity contribution >= 4 is 0 Å². The van der Waals surface area contributed by atoms with Gasteiger partial charge in [-0.1, -0.05) is 26.0 Å². The topological polar surface area (TPSA) is 30.5 Å². The van der Waals surface area contributed by atoms with Crippen LogP contribution in [0.1, 0.15) is 21.7 Å². The minimum Gasteiger partial charge on any atom is -0.493 e. The molecule has 0 bridgehead atoms. The molecule has 0 aliphatic carbocycles. The summed E-state index contributed by atoms with van der Waals surface area (Å²) in [6.45, 7) is 5.68. The molecule has 0 spiro atoms. The Morgan fingerprint density at radius 2 is 1.81 bits per heavy atom. The maximum atomic E-state index is 5.57. The molecule has 1 rings (SSSR count). The first-order chi connectivity index (χ1) is 7.88. The zero-order chi connectivity index (χ0) is 12.2. The molecule has 16 heavy (non-hydrogen) atoms. The Bertz CT molecular complexity index is 269. The molecule has 1 N–H and O–H groups in total. The highest BCUT2D eigenvalue weighted by molar-refractivity contribution is 5.39. The third kappa shape index (κ3) is 5.61. The predicted molar refractivity (Wildman–Crippen MR) is 70.5 cm³/mol. The molecule has 0 aliphatic rings. The van der Waals surface area contributed by atoms with E-state index in [1.807, 2.05) is 45.2 Å². The van der Waals surface area contributed by atoms with Gasteiger partial charge in [-0.05, 0) is 32.1 Å². The van der Waals surface area contributed by atoms with Crippen molar-refractivity contribution in [2.75, 3.05) is 27.3 Å². The van der Waals surface area contributed by atoms with E-state index >= 15 is 0 Å². The summed E-state index contributed by atoms with van der Waals surface area (Å²) in [4.78, 5) is 0. The second-order valence-electron chi connectivity index (χ2n) is 2.96. The van der Waals surface area contributed by atoms with E-state index in [0.717, 1.165) is 24.5 Å². The molecule has 0 heterocycles. The highest BCUT2D eigenvalue weighted by Gasteiger charge is 2.00. The molecule has 1 aromatic carbocycles. The number of ether oxygens (including phenoxy) is 2. The third-order valence-electron chi connectivity index (χ3n) is 1.90. The van der Waals surface area contributed by atoms with Gasteiger partial charge >= 0.3 is 0 Å². The molecule has 0 fully saturated rings. The summed E-state index contributed by atoms with van der Waals surface area (Å²) in [7, 11) is 3.58. The first kappa shape index (κ1) is 14.8. The number of methoxy groups -OCH3 is 1. The summed E-state index contributed by atoms with van der Waals surface area (Å²) < 4.78 is 10.7. The van der Waals surface area contributed by atoms with Gasteiger partial charge in [0.15, 0.2) is 11.5 Å². The number of benzene rings is 1. The lowest BCUT2D eigenvalue weighted by atomic mass is 10.3. The van der Waals surface area contributed by atoms with Crippen LogP contribution >= 0.6 is 0 Å². The lowest BCUT2D eigenvalue weighted by Crippen LogP contribution is -2.11. The van der Waals surface area contributed by atoms with Crippen molar-refractivity contribution in [2.45, 2.75) is 20.3 Å². The molecule has 1 aromatic rings. The minimum atomic E-state index is 0. The van der Waals surface area contributed by atoms with Gasteiger partial charge in [0.2, 0.25) is 0 Å². The van der Waals surface area contributed by atoms with Gasteiger partial charge in [0.25, 0.3) is 0 Å². The van der Waals surface area contributed by atoms with Crippen LogP contribution in [0.3, 0.4) is 0 Å². The summed E-state index contributed by atoms with van der Waals surface area (Å²) >= 11 is 0. The van der Waals surface area contributed by atoms with Gasteiger partial charge in [-0.2, -0.15) is 0 Å². The normalized spacial score (nSPS) is 9.00. The van der Waals surface area contributed by atoms with E-state index in [9.17, 15) is 0 Å². The number of rotatable bonds is 6. The average molecular weight is 227 g/mol. The Hall–Kier alpha value is -1.22. The molecule has 94 valence electrons. The molecular formula is C13H25NO2. The second-order valence-corrected chi connectivity index (χ2v) is 2.96. The van der Waals surface area contributed by atoms with Crippen LogP contribution < -0.4 is 14.8 Å². The first-order valence-corrected chi connectivity index (χ1v) is 5.79. The fraction of sp³-hybridized carbons (Fsp3) is 0.538. The lowest BCUT2D eigenvalue weighted by Gasteiger charge is -2.09. The molecule has 0 radical (unpaired) electrons. The molecule has 0 amide bonds. The van der Waals surface area contributed by atoms with Crippen LogP contribution in [0.4, 0.5) is 0 Å². The van der Waals surface area contributed by atoms with E-state index in [2.05, 4.69) is 5.32 Å². The van der Waals surface area contributed by atoms with E-state index in [4.69, 9.17) is 9.47 Å². The standard InChI is InChI=1S/C11H17NO2.C2H6.H2/c1-12-8-5-9-14-11-7-4-3-6-10(11)13-2;1-2;/h3-4,6-7,12H,5,8-9H2,1-2H3;1-2H3;1H. The Morgan fingerprint density at radius 1 is 1.19 bits per heavy atom. The summed E-state index contributed by atoms with van der Waals surface area (Å²) in [6.07, 6.45) is 0.995. The minimum absolute atomic E-state index is 0. The van der Waals surface area contributed by atoms with Gasteiger partial charge in [-0.3, -0.25) is 0 Å². The maximum absolute atomic E-state index is 5.57. The summed E-state index contributed by atoms with van der Waals surface area (Å²) in [5.74, 6) is 1.60. The molecule has 0 unspecified atom stereocenters. The van der Waals surface area contributed by atoms with E-state index in [-0.39, 0.29) is 1.43 Å². The molecule has 0 saturated heterocycles. The fourth-order valence-electron chi connectivity index (χ4n) is 1.17. The molecular weight excluding hydrogens is 202 g/mol. The Kier molecular flexibility index (Phi) is 9.52. The SMILES string of the molecule is CC.CNCCCOc1ccccc1OC.[HH]. The summed E-state index contributed by atoms with van der Waals surface area (Å²) in [6, 6.07) is 7.68. The van der Waals surface area contributed by atoms with E-state index in [1.165, 1.54) is 0 Å². The molecule has 0 aliphatic heterocycles.